The first kappa shape index (κ1) is 16.7. The Hall–Kier alpha value is -1.64. The summed E-state index contributed by atoms with van der Waals surface area (Å²) >= 11 is 0. The summed E-state index contributed by atoms with van der Waals surface area (Å²) in [5, 5.41) is 3.06. The SMILES string of the molecule is COC(=O)C1CNCCCN1S(=O)(=O)c1ccc(OC)cc1. The highest BCUT2D eigenvalue weighted by Crippen LogP contribution is 2.22. The van der Waals surface area contributed by atoms with Gasteiger partial charge in [0.15, 0.2) is 0 Å². The van der Waals surface area contributed by atoms with Gasteiger partial charge in [-0.2, -0.15) is 4.31 Å². The number of carbonyl (C=O) groups is 1. The molecule has 122 valence electrons. The first-order valence-electron chi connectivity index (χ1n) is 6.95. The van der Waals surface area contributed by atoms with Crippen LogP contribution < -0.4 is 10.1 Å². The average molecular weight is 328 g/mol. The van der Waals surface area contributed by atoms with Gasteiger partial charge in [0, 0.05) is 13.1 Å². The van der Waals surface area contributed by atoms with Crippen molar-refractivity contribution in [2.75, 3.05) is 33.9 Å². The third-order valence-corrected chi connectivity index (χ3v) is 5.48. The second-order valence-electron chi connectivity index (χ2n) is 4.89. The fourth-order valence-electron chi connectivity index (χ4n) is 2.36. The maximum absolute atomic E-state index is 12.8. The van der Waals surface area contributed by atoms with E-state index in [4.69, 9.17) is 9.47 Å². The highest BCUT2D eigenvalue weighted by Gasteiger charge is 2.37. The van der Waals surface area contributed by atoms with Gasteiger partial charge < -0.3 is 14.8 Å². The standard InChI is InChI=1S/C14H20N2O5S/c1-20-11-4-6-12(7-5-11)22(18,19)16-9-3-8-15-10-13(16)14(17)21-2/h4-7,13,15H,3,8-10H2,1-2H3. The van der Waals surface area contributed by atoms with E-state index in [0.717, 1.165) is 0 Å². The van der Waals surface area contributed by atoms with Gasteiger partial charge >= 0.3 is 5.97 Å². The first-order valence-corrected chi connectivity index (χ1v) is 8.39. The van der Waals surface area contributed by atoms with E-state index in [1.165, 1.54) is 30.7 Å². The Balaban J connectivity index is 2.36. The minimum atomic E-state index is -3.78. The van der Waals surface area contributed by atoms with Gasteiger partial charge in [0.05, 0.1) is 19.1 Å². The number of nitrogens with zero attached hydrogens (tertiary/aromatic N) is 1. The predicted molar refractivity (Wildman–Crippen MR) is 80.2 cm³/mol. The zero-order chi connectivity index (χ0) is 16.2. The summed E-state index contributed by atoms with van der Waals surface area (Å²) in [7, 11) is -1.01. The number of carbonyl (C=O) groups excluding carboxylic acids is 1. The van der Waals surface area contributed by atoms with Crippen LogP contribution in [0.25, 0.3) is 0 Å². The summed E-state index contributed by atoms with van der Waals surface area (Å²) in [6.07, 6.45) is 0.628. The lowest BCUT2D eigenvalue weighted by atomic mass is 10.3. The van der Waals surface area contributed by atoms with Crippen LogP contribution in [0.5, 0.6) is 5.75 Å². The molecule has 1 saturated heterocycles. The molecule has 1 N–H and O–H groups in total. The second kappa shape index (κ2) is 7.08. The monoisotopic (exact) mass is 328 g/mol. The minimum Gasteiger partial charge on any atom is -0.497 e. The van der Waals surface area contributed by atoms with Crippen LogP contribution in [-0.2, 0) is 19.6 Å². The fraction of sp³-hybridized carbons (Fsp3) is 0.500. The van der Waals surface area contributed by atoms with E-state index in [0.29, 0.717) is 18.7 Å². The average Bonchev–Trinajstić information content (AvgIpc) is 2.80. The molecule has 0 aromatic heterocycles. The van der Waals surface area contributed by atoms with Crippen molar-refractivity contribution in [3.8, 4) is 5.75 Å². The van der Waals surface area contributed by atoms with Crippen molar-refractivity contribution >= 4 is 16.0 Å². The smallest absolute Gasteiger partial charge is 0.325 e. The number of sulfonamides is 1. The van der Waals surface area contributed by atoms with E-state index < -0.39 is 22.0 Å². The van der Waals surface area contributed by atoms with Crippen LogP contribution in [0, 0.1) is 0 Å². The minimum absolute atomic E-state index is 0.129. The van der Waals surface area contributed by atoms with Gasteiger partial charge in [-0.15, -0.1) is 0 Å². The molecule has 7 nitrogen and oxygen atoms in total. The number of hydrogen-bond donors (Lipinski definition) is 1. The molecule has 1 heterocycles. The van der Waals surface area contributed by atoms with Gasteiger partial charge in [0.25, 0.3) is 0 Å². The number of methoxy groups -OCH3 is 2. The van der Waals surface area contributed by atoms with Crippen LogP contribution in [-0.4, -0.2) is 58.6 Å². The summed E-state index contributed by atoms with van der Waals surface area (Å²) in [4.78, 5) is 12.0. The molecule has 22 heavy (non-hydrogen) atoms. The Kier molecular flexibility index (Phi) is 5.38. The predicted octanol–water partition coefficient (Wildman–Crippen LogP) is 0.221. The van der Waals surface area contributed by atoms with Gasteiger partial charge in [-0.3, -0.25) is 4.79 Å². The Bertz CT molecular complexity index is 615. The highest BCUT2D eigenvalue weighted by atomic mass is 32.2. The summed E-state index contributed by atoms with van der Waals surface area (Å²) in [5.41, 5.74) is 0. The Morgan fingerprint density at radius 3 is 2.55 bits per heavy atom. The highest BCUT2D eigenvalue weighted by molar-refractivity contribution is 7.89. The molecule has 8 heteroatoms. The number of benzene rings is 1. The van der Waals surface area contributed by atoms with E-state index in [9.17, 15) is 13.2 Å². The number of esters is 1. The fourth-order valence-corrected chi connectivity index (χ4v) is 3.98. The van der Waals surface area contributed by atoms with Crippen molar-refractivity contribution in [2.45, 2.75) is 17.4 Å². The molecule has 1 aromatic carbocycles. The molecular formula is C14H20N2O5S. The molecule has 1 aromatic rings. The molecule has 0 saturated carbocycles. The number of rotatable bonds is 4. The molecule has 1 unspecified atom stereocenters. The van der Waals surface area contributed by atoms with Crippen molar-refractivity contribution in [2.24, 2.45) is 0 Å². The van der Waals surface area contributed by atoms with E-state index in [2.05, 4.69) is 5.32 Å². The molecule has 0 aliphatic carbocycles. The number of hydrogen-bond acceptors (Lipinski definition) is 6. The van der Waals surface area contributed by atoms with Crippen LogP contribution in [0.4, 0.5) is 0 Å². The maximum Gasteiger partial charge on any atom is 0.325 e. The molecule has 1 aliphatic heterocycles. The van der Waals surface area contributed by atoms with E-state index in [1.807, 2.05) is 0 Å². The van der Waals surface area contributed by atoms with Gasteiger partial charge in [-0.1, -0.05) is 0 Å². The summed E-state index contributed by atoms with van der Waals surface area (Å²) in [6, 6.07) is 5.24. The quantitative estimate of drug-likeness (QED) is 0.796. The van der Waals surface area contributed by atoms with Crippen LogP contribution in [0.2, 0.25) is 0 Å². The topological polar surface area (TPSA) is 84.9 Å². The third kappa shape index (κ3) is 3.40. The number of nitrogens with one attached hydrogen (secondary N) is 1. The molecule has 0 radical (unpaired) electrons. The molecular weight excluding hydrogens is 308 g/mol. The van der Waals surface area contributed by atoms with Gasteiger partial charge in [0.1, 0.15) is 11.8 Å². The zero-order valence-corrected chi connectivity index (χ0v) is 13.4. The molecule has 1 fully saturated rings. The van der Waals surface area contributed by atoms with E-state index in [1.54, 1.807) is 12.1 Å². The number of ether oxygens (including phenoxy) is 2. The van der Waals surface area contributed by atoms with Crippen LogP contribution in [0.15, 0.2) is 29.2 Å². The van der Waals surface area contributed by atoms with Gasteiger partial charge in [-0.25, -0.2) is 8.42 Å². The summed E-state index contributed by atoms with van der Waals surface area (Å²) < 4.78 is 36.6. The second-order valence-corrected chi connectivity index (χ2v) is 6.78. The van der Waals surface area contributed by atoms with Crippen molar-refractivity contribution in [1.29, 1.82) is 0 Å². The lowest BCUT2D eigenvalue weighted by Crippen LogP contribution is -2.48. The lowest BCUT2D eigenvalue weighted by Gasteiger charge is -2.26. The molecule has 0 amide bonds. The normalized spacial score (nSPS) is 20.2. The summed E-state index contributed by atoms with van der Waals surface area (Å²) in [6.45, 7) is 1.16. The van der Waals surface area contributed by atoms with Crippen molar-refractivity contribution < 1.29 is 22.7 Å². The first-order chi connectivity index (χ1) is 10.5. The van der Waals surface area contributed by atoms with Gasteiger partial charge in [-0.05, 0) is 37.2 Å². The molecule has 2 rings (SSSR count). The van der Waals surface area contributed by atoms with E-state index >= 15 is 0 Å². The maximum atomic E-state index is 12.8. The Morgan fingerprint density at radius 1 is 1.27 bits per heavy atom. The molecule has 0 spiro atoms. The third-order valence-electron chi connectivity index (χ3n) is 3.56. The lowest BCUT2D eigenvalue weighted by molar-refractivity contribution is -0.144. The van der Waals surface area contributed by atoms with Crippen LogP contribution >= 0.6 is 0 Å². The van der Waals surface area contributed by atoms with Crippen LogP contribution in [0.1, 0.15) is 6.42 Å². The molecule has 1 aliphatic rings. The zero-order valence-electron chi connectivity index (χ0n) is 12.6. The van der Waals surface area contributed by atoms with Crippen LogP contribution in [0.3, 0.4) is 0 Å². The Labute approximate surface area is 130 Å². The Morgan fingerprint density at radius 2 is 1.95 bits per heavy atom. The molecule has 1 atom stereocenters. The van der Waals surface area contributed by atoms with Crippen molar-refractivity contribution in [1.82, 2.24) is 9.62 Å². The summed E-state index contributed by atoms with van der Waals surface area (Å²) in [5.74, 6) is 0.00693. The largest absolute Gasteiger partial charge is 0.497 e. The van der Waals surface area contributed by atoms with Crippen molar-refractivity contribution in [3.05, 3.63) is 24.3 Å². The molecule has 0 bridgehead atoms. The van der Waals surface area contributed by atoms with Gasteiger partial charge in [0.2, 0.25) is 10.0 Å². The van der Waals surface area contributed by atoms with E-state index in [-0.39, 0.29) is 18.0 Å². The van der Waals surface area contributed by atoms with Crippen molar-refractivity contribution in [3.63, 3.8) is 0 Å².